The van der Waals surface area contributed by atoms with E-state index in [0.717, 1.165) is 22.3 Å². The molecular formula is C16H16ClNO. The molecule has 3 heteroatoms. The highest BCUT2D eigenvalue weighted by Crippen LogP contribution is 2.13. The number of halogens is 1. The molecule has 2 aromatic rings. The maximum atomic E-state index is 12.1. The van der Waals surface area contributed by atoms with E-state index in [9.17, 15) is 4.79 Å². The van der Waals surface area contributed by atoms with Gasteiger partial charge in [-0.25, -0.2) is 0 Å². The molecule has 98 valence electrons. The molecule has 0 radical (unpaired) electrons. The van der Waals surface area contributed by atoms with Crippen LogP contribution in [0.5, 0.6) is 0 Å². The zero-order valence-electron chi connectivity index (χ0n) is 11.0. The summed E-state index contributed by atoms with van der Waals surface area (Å²) in [5.74, 6) is -0.0452. The van der Waals surface area contributed by atoms with Gasteiger partial charge in [0.25, 0.3) is 5.91 Å². The molecule has 0 fully saturated rings. The van der Waals surface area contributed by atoms with Crippen molar-refractivity contribution in [2.75, 3.05) is 0 Å². The molecule has 0 spiro atoms. The van der Waals surface area contributed by atoms with Gasteiger partial charge < -0.3 is 5.32 Å². The van der Waals surface area contributed by atoms with E-state index < -0.39 is 0 Å². The Morgan fingerprint density at radius 3 is 2.47 bits per heavy atom. The van der Waals surface area contributed by atoms with Crippen molar-refractivity contribution in [1.82, 2.24) is 5.32 Å². The second kappa shape index (κ2) is 5.89. The molecule has 1 N–H and O–H groups in total. The molecule has 0 heterocycles. The Kier molecular flexibility index (Phi) is 4.23. The highest BCUT2D eigenvalue weighted by molar-refractivity contribution is 6.30. The van der Waals surface area contributed by atoms with Gasteiger partial charge in [-0.1, -0.05) is 35.9 Å². The Morgan fingerprint density at radius 2 is 1.79 bits per heavy atom. The summed E-state index contributed by atoms with van der Waals surface area (Å²) in [7, 11) is 0. The van der Waals surface area contributed by atoms with Gasteiger partial charge in [-0.15, -0.1) is 0 Å². The maximum Gasteiger partial charge on any atom is 0.251 e. The van der Waals surface area contributed by atoms with Crippen LogP contribution in [0.1, 0.15) is 27.0 Å². The third-order valence-corrected chi connectivity index (χ3v) is 3.47. The first-order valence-corrected chi connectivity index (χ1v) is 6.54. The topological polar surface area (TPSA) is 29.1 Å². The molecule has 0 saturated carbocycles. The number of amides is 1. The van der Waals surface area contributed by atoms with Crippen LogP contribution in [0.15, 0.2) is 42.5 Å². The SMILES string of the molecule is Cc1cccc(C(=O)NCc2ccc(Cl)cc2)c1C. The van der Waals surface area contributed by atoms with E-state index in [4.69, 9.17) is 11.6 Å². The second-order valence-electron chi connectivity index (χ2n) is 4.56. The highest BCUT2D eigenvalue weighted by atomic mass is 35.5. The lowest BCUT2D eigenvalue weighted by Gasteiger charge is -2.09. The monoisotopic (exact) mass is 273 g/mol. The van der Waals surface area contributed by atoms with Crippen LogP contribution in [0.2, 0.25) is 5.02 Å². The summed E-state index contributed by atoms with van der Waals surface area (Å²) in [6, 6.07) is 13.2. The average molecular weight is 274 g/mol. The minimum atomic E-state index is -0.0452. The van der Waals surface area contributed by atoms with Crippen LogP contribution in [-0.4, -0.2) is 5.91 Å². The summed E-state index contributed by atoms with van der Waals surface area (Å²) < 4.78 is 0. The largest absolute Gasteiger partial charge is 0.348 e. The second-order valence-corrected chi connectivity index (χ2v) is 4.99. The molecular weight excluding hydrogens is 258 g/mol. The van der Waals surface area contributed by atoms with Crippen molar-refractivity contribution in [3.8, 4) is 0 Å². The van der Waals surface area contributed by atoms with E-state index >= 15 is 0 Å². The Labute approximate surface area is 118 Å². The van der Waals surface area contributed by atoms with Gasteiger partial charge in [0.05, 0.1) is 0 Å². The Balaban J connectivity index is 2.05. The fraction of sp³-hybridized carbons (Fsp3) is 0.188. The van der Waals surface area contributed by atoms with Gasteiger partial charge in [0.15, 0.2) is 0 Å². The molecule has 19 heavy (non-hydrogen) atoms. The molecule has 0 saturated heterocycles. The Hall–Kier alpha value is -1.80. The number of carbonyl (C=O) groups excluding carboxylic acids is 1. The van der Waals surface area contributed by atoms with E-state index in [1.165, 1.54) is 0 Å². The fourth-order valence-corrected chi connectivity index (χ4v) is 2.00. The smallest absolute Gasteiger partial charge is 0.251 e. The van der Waals surface area contributed by atoms with E-state index in [-0.39, 0.29) is 5.91 Å². The number of hydrogen-bond acceptors (Lipinski definition) is 1. The Morgan fingerprint density at radius 1 is 1.11 bits per heavy atom. The minimum Gasteiger partial charge on any atom is -0.348 e. The van der Waals surface area contributed by atoms with E-state index in [1.807, 2.05) is 56.3 Å². The summed E-state index contributed by atoms with van der Waals surface area (Å²) in [6.07, 6.45) is 0. The van der Waals surface area contributed by atoms with Gasteiger partial charge in [0, 0.05) is 17.1 Å². The molecule has 2 rings (SSSR count). The standard InChI is InChI=1S/C16H16ClNO/c1-11-4-3-5-15(12(11)2)16(19)18-10-13-6-8-14(17)9-7-13/h3-9H,10H2,1-2H3,(H,18,19). The van der Waals surface area contributed by atoms with Crippen molar-refractivity contribution in [3.63, 3.8) is 0 Å². The van der Waals surface area contributed by atoms with Crippen molar-refractivity contribution in [1.29, 1.82) is 0 Å². The van der Waals surface area contributed by atoms with E-state index in [1.54, 1.807) is 0 Å². The van der Waals surface area contributed by atoms with Crippen molar-refractivity contribution in [3.05, 3.63) is 69.7 Å². The predicted octanol–water partition coefficient (Wildman–Crippen LogP) is 3.89. The van der Waals surface area contributed by atoms with E-state index in [2.05, 4.69) is 5.32 Å². The molecule has 0 unspecified atom stereocenters. The first kappa shape index (κ1) is 13.6. The van der Waals surface area contributed by atoms with Crippen molar-refractivity contribution in [2.45, 2.75) is 20.4 Å². The number of hydrogen-bond donors (Lipinski definition) is 1. The molecule has 0 aliphatic carbocycles. The van der Waals surface area contributed by atoms with Crippen molar-refractivity contribution < 1.29 is 4.79 Å². The van der Waals surface area contributed by atoms with Crippen LogP contribution in [0.4, 0.5) is 0 Å². The van der Waals surface area contributed by atoms with Crippen molar-refractivity contribution >= 4 is 17.5 Å². The van der Waals surface area contributed by atoms with Crippen LogP contribution in [0, 0.1) is 13.8 Å². The van der Waals surface area contributed by atoms with Gasteiger partial charge >= 0.3 is 0 Å². The number of carbonyl (C=O) groups is 1. The molecule has 0 aromatic heterocycles. The molecule has 1 amide bonds. The van der Waals surface area contributed by atoms with Crippen LogP contribution in [0.3, 0.4) is 0 Å². The van der Waals surface area contributed by atoms with Crippen LogP contribution in [-0.2, 0) is 6.54 Å². The van der Waals surface area contributed by atoms with Gasteiger partial charge in [0.2, 0.25) is 0 Å². The maximum absolute atomic E-state index is 12.1. The van der Waals surface area contributed by atoms with Crippen LogP contribution in [0.25, 0.3) is 0 Å². The number of rotatable bonds is 3. The third kappa shape index (κ3) is 3.36. The first-order valence-electron chi connectivity index (χ1n) is 6.17. The fourth-order valence-electron chi connectivity index (χ4n) is 1.88. The lowest BCUT2D eigenvalue weighted by molar-refractivity contribution is 0.0950. The molecule has 2 nitrogen and oxygen atoms in total. The van der Waals surface area contributed by atoms with Crippen molar-refractivity contribution in [2.24, 2.45) is 0 Å². The molecule has 2 aromatic carbocycles. The number of nitrogens with one attached hydrogen (secondary N) is 1. The highest BCUT2D eigenvalue weighted by Gasteiger charge is 2.09. The number of aryl methyl sites for hydroxylation is 1. The lowest BCUT2D eigenvalue weighted by Crippen LogP contribution is -2.23. The quantitative estimate of drug-likeness (QED) is 0.903. The zero-order valence-corrected chi connectivity index (χ0v) is 11.8. The lowest BCUT2D eigenvalue weighted by atomic mass is 10.0. The van der Waals surface area contributed by atoms with E-state index in [0.29, 0.717) is 11.6 Å². The summed E-state index contributed by atoms with van der Waals surface area (Å²) in [5, 5.41) is 3.62. The van der Waals surface area contributed by atoms with Crippen LogP contribution < -0.4 is 5.32 Å². The van der Waals surface area contributed by atoms with Gasteiger partial charge in [-0.05, 0) is 48.7 Å². The summed E-state index contributed by atoms with van der Waals surface area (Å²) >= 11 is 5.82. The predicted molar refractivity (Wildman–Crippen MR) is 78.5 cm³/mol. The van der Waals surface area contributed by atoms with Gasteiger partial charge in [0.1, 0.15) is 0 Å². The molecule has 0 atom stereocenters. The molecule has 0 aliphatic rings. The average Bonchev–Trinajstić information content (AvgIpc) is 2.41. The minimum absolute atomic E-state index is 0.0452. The summed E-state index contributed by atoms with van der Waals surface area (Å²) in [6.45, 7) is 4.47. The summed E-state index contributed by atoms with van der Waals surface area (Å²) in [5.41, 5.74) is 3.91. The first-order chi connectivity index (χ1) is 9.08. The third-order valence-electron chi connectivity index (χ3n) is 3.22. The molecule has 0 aliphatic heterocycles. The van der Waals surface area contributed by atoms with Crippen LogP contribution >= 0.6 is 11.6 Å². The van der Waals surface area contributed by atoms with Gasteiger partial charge in [-0.2, -0.15) is 0 Å². The Bertz CT molecular complexity index is 590. The molecule has 0 bridgehead atoms. The normalized spacial score (nSPS) is 10.3. The number of benzene rings is 2. The summed E-state index contributed by atoms with van der Waals surface area (Å²) in [4.78, 5) is 12.1. The van der Waals surface area contributed by atoms with Gasteiger partial charge in [-0.3, -0.25) is 4.79 Å². The zero-order chi connectivity index (χ0) is 13.8.